The van der Waals surface area contributed by atoms with E-state index in [1.165, 1.54) is 6.07 Å². The summed E-state index contributed by atoms with van der Waals surface area (Å²) in [6, 6.07) is 3.13. The smallest absolute Gasteiger partial charge is 0.263 e. The molecule has 0 radical (unpaired) electrons. The second-order valence-electron chi connectivity index (χ2n) is 3.37. The zero-order valence-corrected chi connectivity index (χ0v) is 9.07. The van der Waals surface area contributed by atoms with E-state index >= 15 is 0 Å². The predicted molar refractivity (Wildman–Crippen MR) is 54.5 cm³/mol. The van der Waals surface area contributed by atoms with Gasteiger partial charge in [-0.2, -0.15) is 0 Å². The van der Waals surface area contributed by atoms with Crippen LogP contribution in [-0.2, 0) is 13.0 Å². The highest BCUT2D eigenvalue weighted by atomic mass is 79.9. The SMILES string of the molecule is FC(F)c1cc(Br)c2c(c1)CCNC2. The summed E-state index contributed by atoms with van der Waals surface area (Å²) in [6.45, 7) is 1.63. The minimum absolute atomic E-state index is 0.109. The molecule has 1 aliphatic rings. The van der Waals surface area contributed by atoms with Gasteiger partial charge in [-0.25, -0.2) is 8.78 Å². The molecule has 4 heteroatoms. The average molecular weight is 262 g/mol. The third-order valence-corrected chi connectivity index (χ3v) is 3.14. The van der Waals surface area contributed by atoms with Crippen LogP contribution in [0.25, 0.3) is 0 Å². The Balaban J connectivity index is 2.46. The van der Waals surface area contributed by atoms with E-state index in [9.17, 15) is 8.78 Å². The molecular weight excluding hydrogens is 252 g/mol. The number of benzene rings is 1. The van der Waals surface area contributed by atoms with E-state index in [0.29, 0.717) is 0 Å². The van der Waals surface area contributed by atoms with E-state index in [4.69, 9.17) is 0 Å². The molecule has 1 aliphatic heterocycles. The molecule has 1 N–H and O–H groups in total. The Labute approximate surface area is 89.6 Å². The first-order valence-electron chi connectivity index (χ1n) is 4.48. The largest absolute Gasteiger partial charge is 0.312 e. The fourth-order valence-corrected chi connectivity index (χ4v) is 2.36. The van der Waals surface area contributed by atoms with Crippen molar-refractivity contribution < 1.29 is 8.78 Å². The van der Waals surface area contributed by atoms with Crippen LogP contribution in [0.15, 0.2) is 16.6 Å². The van der Waals surface area contributed by atoms with Gasteiger partial charge in [0.05, 0.1) is 0 Å². The van der Waals surface area contributed by atoms with Crippen molar-refractivity contribution in [3.8, 4) is 0 Å². The van der Waals surface area contributed by atoms with Crippen LogP contribution in [0.2, 0.25) is 0 Å². The molecule has 0 aliphatic carbocycles. The molecular formula is C10H10BrF2N. The molecule has 0 unspecified atom stereocenters. The normalized spacial score (nSPS) is 15.7. The van der Waals surface area contributed by atoms with Gasteiger partial charge in [-0.1, -0.05) is 15.9 Å². The minimum atomic E-state index is -2.38. The van der Waals surface area contributed by atoms with E-state index in [0.717, 1.165) is 35.1 Å². The van der Waals surface area contributed by atoms with Crippen molar-refractivity contribution in [1.82, 2.24) is 5.32 Å². The lowest BCUT2D eigenvalue weighted by atomic mass is 9.98. The summed E-state index contributed by atoms with van der Waals surface area (Å²) in [6.07, 6.45) is -1.56. The maximum Gasteiger partial charge on any atom is 0.263 e. The number of alkyl halides is 2. The van der Waals surface area contributed by atoms with Crippen molar-refractivity contribution >= 4 is 15.9 Å². The molecule has 1 aromatic carbocycles. The maximum atomic E-state index is 12.5. The molecule has 0 bridgehead atoms. The van der Waals surface area contributed by atoms with E-state index in [1.54, 1.807) is 6.07 Å². The summed E-state index contributed by atoms with van der Waals surface area (Å²) in [5.41, 5.74) is 2.26. The molecule has 76 valence electrons. The van der Waals surface area contributed by atoms with Crippen molar-refractivity contribution in [3.63, 3.8) is 0 Å². The van der Waals surface area contributed by atoms with Crippen LogP contribution in [0.4, 0.5) is 8.78 Å². The summed E-state index contributed by atoms with van der Waals surface area (Å²) in [4.78, 5) is 0. The van der Waals surface area contributed by atoms with Gasteiger partial charge in [0, 0.05) is 16.6 Å². The van der Waals surface area contributed by atoms with Crippen molar-refractivity contribution in [2.75, 3.05) is 6.54 Å². The van der Waals surface area contributed by atoms with Gasteiger partial charge in [0.15, 0.2) is 0 Å². The van der Waals surface area contributed by atoms with Crippen molar-refractivity contribution in [3.05, 3.63) is 33.3 Å². The zero-order valence-electron chi connectivity index (χ0n) is 7.49. The van der Waals surface area contributed by atoms with Crippen LogP contribution in [0, 0.1) is 0 Å². The topological polar surface area (TPSA) is 12.0 Å². The van der Waals surface area contributed by atoms with E-state index < -0.39 is 6.43 Å². The summed E-state index contributed by atoms with van der Waals surface area (Å²) in [7, 11) is 0. The lowest BCUT2D eigenvalue weighted by molar-refractivity contribution is 0.151. The molecule has 2 rings (SSSR count). The van der Waals surface area contributed by atoms with Gasteiger partial charge in [0.25, 0.3) is 6.43 Å². The molecule has 0 saturated heterocycles. The molecule has 0 fully saturated rings. The van der Waals surface area contributed by atoms with Gasteiger partial charge in [-0.05, 0) is 36.2 Å². The number of hydrogen-bond acceptors (Lipinski definition) is 1. The average Bonchev–Trinajstić information content (AvgIpc) is 2.17. The predicted octanol–water partition coefficient (Wildman–Crippen LogP) is 3.03. The van der Waals surface area contributed by atoms with E-state index in [1.807, 2.05) is 0 Å². The first-order valence-corrected chi connectivity index (χ1v) is 5.28. The van der Waals surface area contributed by atoms with E-state index in [2.05, 4.69) is 21.2 Å². The molecule has 1 heterocycles. The lowest BCUT2D eigenvalue weighted by Gasteiger charge is -2.19. The maximum absolute atomic E-state index is 12.5. The second kappa shape index (κ2) is 3.95. The Morgan fingerprint density at radius 3 is 2.86 bits per heavy atom. The van der Waals surface area contributed by atoms with Gasteiger partial charge in [-0.15, -0.1) is 0 Å². The first-order chi connectivity index (χ1) is 6.68. The monoisotopic (exact) mass is 261 g/mol. The van der Waals surface area contributed by atoms with Crippen molar-refractivity contribution in [2.24, 2.45) is 0 Å². The minimum Gasteiger partial charge on any atom is -0.312 e. The summed E-state index contributed by atoms with van der Waals surface area (Å²) in [5.74, 6) is 0. The van der Waals surface area contributed by atoms with Crippen LogP contribution in [0.3, 0.4) is 0 Å². The standard InChI is InChI=1S/C10H10BrF2N/c11-9-4-7(10(12)13)3-6-1-2-14-5-8(6)9/h3-4,10,14H,1-2,5H2. The van der Waals surface area contributed by atoms with Crippen LogP contribution in [-0.4, -0.2) is 6.54 Å². The lowest BCUT2D eigenvalue weighted by Crippen LogP contribution is -2.24. The summed E-state index contributed by atoms with van der Waals surface area (Å²) < 4.78 is 25.8. The Kier molecular flexibility index (Phi) is 2.83. The Hall–Kier alpha value is -0.480. The third-order valence-electron chi connectivity index (χ3n) is 2.44. The zero-order chi connectivity index (χ0) is 10.1. The van der Waals surface area contributed by atoms with Gasteiger partial charge in [-0.3, -0.25) is 0 Å². The van der Waals surface area contributed by atoms with Gasteiger partial charge >= 0.3 is 0 Å². The van der Waals surface area contributed by atoms with Crippen LogP contribution in [0.5, 0.6) is 0 Å². The van der Waals surface area contributed by atoms with Crippen LogP contribution < -0.4 is 5.32 Å². The highest BCUT2D eigenvalue weighted by Crippen LogP contribution is 2.29. The number of halogens is 3. The van der Waals surface area contributed by atoms with Crippen molar-refractivity contribution in [2.45, 2.75) is 19.4 Å². The van der Waals surface area contributed by atoms with E-state index in [-0.39, 0.29) is 5.56 Å². The molecule has 0 spiro atoms. The first kappa shape index (κ1) is 10.1. The third kappa shape index (κ3) is 1.81. The molecule has 0 amide bonds. The number of nitrogens with one attached hydrogen (secondary N) is 1. The molecule has 1 aromatic rings. The number of fused-ring (bicyclic) bond motifs is 1. The van der Waals surface area contributed by atoms with Crippen LogP contribution >= 0.6 is 15.9 Å². The fourth-order valence-electron chi connectivity index (χ4n) is 1.70. The van der Waals surface area contributed by atoms with Gasteiger partial charge in [0.2, 0.25) is 0 Å². The number of hydrogen-bond donors (Lipinski definition) is 1. The van der Waals surface area contributed by atoms with Crippen LogP contribution in [0.1, 0.15) is 23.1 Å². The van der Waals surface area contributed by atoms with Gasteiger partial charge in [0.1, 0.15) is 0 Å². The van der Waals surface area contributed by atoms with Crippen molar-refractivity contribution in [1.29, 1.82) is 0 Å². The number of rotatable bonds is 1. The molecule has 14 heavy (non-hydrogen) atoms. The highest BCUT2D eigenvalue weighted by Gasteiger charge is 2.16. The molecule has 0 saturated carbocycles. The Bertz CT molecular complexity index is 352. The molecule has 1 nitrogen and oxygen atoms in total. The quantitative estimate of drug-likeness (QED) is 0.820. The van der Waals surface area contributed by atoms with Gasteiger partial charge < -0.3 is 5.32 Å². The molecule has 0 atom stereocenters. The fraction of sp³-hybridized carbons (Fsp3) is 0.400. The summed E-state index contributed by atoms with van der Waals surface area (Å²) in [5, 5.41) is 3.21. The molecule has 0 aromatic heterocycles. The Morgan fingerprint density at radius 1 is 1.36 bits per heavy atom. The summed E-state index contributed by atoms with van der Waals surface area (Å²) >= 11 is 3.33. The highest BCUT2D eigenvalue weighted by molar-refractivity contribution is 9.10. The Morgan fingerprint density at radius 2 is 2.14 bits per heavy atom. The second-order valence-corrected chi connectivity index (χ2v) is 4.22.